The van der Waals surface area contributed by atoms with Crippen LogP contribution in [0.2, 0.25) is 0 Å². The van der Waals surface area contributed by atoms with Crippen LogP contribution in [0.3, 0.4) is 0 Å². The van der Waals surface area contributed by atoms with E-state index in [0.29, 0.717) is 6.61 Å². The van der Waals surface area contributed by atoms with Gasteiger partial charge in [0.05, 0.1) is 16.8 Å². The van der Waals surface area contributed by atoms with Crippen LogP contribution in [0.25, 0.3) is 16.6 Å². The summed E-state index contributed by atoms with van der Waals surface area (Å²) >= 11 is 0. The molecule has 0 aliphatic carbocycles. The third-order valence-corrected chi connectivity index (χ3v) is 5.37. The second-order valence-corrected chi connectivity index (χ2v) is 7.59. The molecule has 148 valence electrons. The third-order valence-electron chi connectivity index (χ3n) is 5.37. The topological polar surface area (TPSA) is 59.3 Å². The molecule has 2 aromatic heterocycles. The Hall–Kier alpha value is -2.67. The minimum Gasteiger partial charge on any atom is -0.490 e. The summed E-state index contributed by atoms with van der Waals surface area (Å²) in [6.45, 7) is 8.06. The van der Waals surface area contributed by atoms with Gasteiger partial charge in [0, 0.05) is 20.6 Å². The van der Waals surface area contributed by atoms with E-state index in [1.54, 1.807) is 0 Å². The maximum atomic E-state index is 6.17. The van der Waals surface area contributed by atoms with Gasteiger partial charge in [0.2, 0.25) is 0 Å². The summed E-state index contributed by atoms with van der Waals surface area (Å²) in [6, 6.07) is 8.09. The van der Waals surface area contributed by atoms with Gasteiger partial charge in [0.25, 0.3) is 0 Å². The van der Waals surface area contributed by atoms with E-state index in [1.165, 1.54) is 25.9 Å². The van der Waals surface area contributed by atoms with E-state index < -0.39 is 0 Å². The molecule has 0 saturated carbocycles. The summed E-state index contributed by atoms with van der Waals surface area (Å²) in [5.41, 5.74) is 3.74. The van der Waals surface area contributed by atoms with Gasteiger partial charge < -0.3 is 9.64 Å². The first kappa shape index (κ1) is 18.7. The molecular formula is C21H28N6O. The Morgan fingerprint density at radius 1 is 1.07 bits per heavy atom. The van der Waals surface area contributed by atoms with Crippen LogP contribution in [0.1, 0.15) is 24.2 Å². The largest absolute Gasteiger partial charge is 0.490 e. The highest BCUT2D eigenvalue weighted by atomic mass is 16.5. The number of fused-ring (bicyclic) bond motifs is 1. The van der Waals surface area contributed by atoms with Gasteiger partial charge in [-0.05, 0) is 51.9 Å². The zero-order valence-electron chi connectivity index (χ0n) is 17.1. The number of benzene rings is 1. The van der Waals surface area contributed by atoms with Crippen molar-refractivity contribution < 1.29 is 4.74 Å². The molecule has 3 aromatic rings. The van der Waals surface area contributed by atoms with Crippen molar-refractivity contribution in [2.75, 3.05) is 45.2 Å². The number of likely N-dealkylation sites (tertiary alicyclic amines) is 1. The van der Waals surface area contributed by atoms with Crippen LogP contribution in [0.15, 0.2) is 24.3 Å². The van der Waals surface area contributed by atoms with Gasteiger partial charge in [-0.3, -0.25) is 4.90 Å². The van der Waals surface area contributed by atoms with Gasteiger partial charge >= 0.3 is 0 Å². The normalized spacial score (nSPS) is 14.7. The molecule has 0 bridgehead atoms. The van der Waals surface area contributed by atoms with Crippen LogP contribution >= 0.6 is 0 Å². The number of hydrogen-bond donors (Lipinski definition) is 0. The first-order valence-electron chi connectivity index (χ1n) is 9.90. The quantitative estimate of drug-likeness (QED) is 0.655. The molecule has 0 unspecified atom stereocenters. The average Bonchev–Trinajstić information content (AvgIpc) is 3.31. The second kappa shape index (κ2) is 7.75. The van der Waals surface area contributed by atoms with Crippen molar-refractivity contribution in [3.05, 3.63) is 35.7 Å². The molecule has 1 saturated heterocycles. The van der Waals surface area contributed by atoms with Crippen LogP contribution < -0.4 is 9.64 Å². The number of nitrogens with zero attached hydrogens (tertiary/aromatic N) is 6. The number of hydrogen-bond acceptors (Lipinski definition) is 6. The summed E-state index contributed by atoms with van der Waals surface area (Å²) in [6.07, 6.45) is 2.59. The van der Waals surface area contributed by atoms with Gasteiger partial charge in [0.1, 0.15) is 23.6 Å². The first-order valence-corrected chi connectivity index (χ1v) is 9.90. The Morgan fingerprint density at radius 2 is 1.82 bits per heavy atom. The predicted octanol–water partition coefficient (Wildman–Crippen LogP) is 2.97. The summed E-state index contributed by atoms with van der Waals surface area (Å²) in [7, 11) is 3.92. The molecule has 0 N–H and O–H groups in total. The van der Waals surface area contributed by atoms with E-state index in [1.807, 2.05) is 48.8 Å². The molecule has 1 aliphatic rings. The number of para-hydroxylation sites is 2. The summed E-state index contributed by atoms with van der Waals surface area (Å²) in [4.78, 5) is 4.41. The molecule has 0 radical (unpaired) electrons. The molecule has 7 heteroatoms. The van der Waals surface area contributed by atoms with Crippen LogP contribution in [0.4, 0.5) is 5.82 Å². The predicted molar refractivity (Wildman–Crippen MR) is 112 cm³/mol. The van der Waals surface area contributed by atoms with Gasteiger partial charge in [-0.15, -0.1) is 5.10 Å². The number of rotatable bonds is 6. The van der Waals surface area contributed by atoms with E-state index in [-0.39, 0.29) is 0 Å². The number of ether oxygens (including phenoxy) is 1. The van der Waals surface area contributed by atoms with E-state index in [9.17, 15) is 0 Å². The molecular weight excluding hydrogens is 352 g/mol. The number of anilines is 1. The minimum atomic E-state index is 0.682. The zero-order chi connectivity index (χ0) is 19.7. The highest BCUT2D eigenvalue weighted by Gasteiger charge is 2.19. The van der Waals surface area contributed by atoms with Crippen molar-refractivity contribution in [1.82, 2.24) is 24.9 Å². The summed E-state index contributed by atoms with van der Waals surface area (Å²) in [5.74, 6) is 1.62. The van der Waals surface area contributed by atoms with Gasteiger partial charge in [-0.1, -0.05) is 12.1 Å². The summed E-state index contributed by atoms with van der Waals surface area (Å²) in [5, 5.41) is 14.6. The molecule has 3 heterocycles. The third kappa shape index (κ3) is 3.42. The van der Waals surface area contributed by atoms with Gasteiger partial charge in [-0.25, -0.2) is 4.68 Å². The second-order valence-electron chi connectivity index (χ2n) is 7.59. The fourth-order valence-corrected chi connectivity index (χ4v) is 3.89. The Kier molecular flexibility index (Phi) is 5.17. The Bertz CT molecular complexity index is 974. The highest BCUT2D eigenvalue weighted by Crippen LogP contribution is 2.31. The molecule has 1 fully saturated rings. The van der Waals surface area contributed by atoms with Crippen LogP contribution in [-0.4, -0.2) is 65.2 Å². The van der Waals surface area contributed by atoms with Gasteiger partial charge in [0.15, 0.2) is 5.82 Å². The van der Waals surface area contributed by atoms with Crippen molar-refractivity contribution in [1.29, 1.82) is 0 Å². The standard InChI is InChI=1S/C21H28N6O/c1-15-19-16(2)27(24-20(19)21(23-22-15)25(3)4)17-9-5-6-10-18(17)28-14-13-26-11-7-8-12-26/h5-6,9-10H,7-8,11-14H2,1-4H3. The van der Waals surface area contributed by atoms with Crippen molar-refractivity contribution in [2.24, 2.45) is 0 Å². The lowest BCUT2D eigenvalue weighted by Gasteiger charge is -2.17. The minimum absolute atomic E-state index is 0.682. The van der Waals surface area contributed by atoms with E-state index in [0.717, 1.165) is 46.1 Å². The summed E-state index contributed by atoms with van der Waals surface area (Å²) < 4.78 is 8.13. The Labute approximate surface area is 165 Å². The first-order chi connectivity index (χ1) is 13.6. The Morgan fingerprint density at radius 3 is 2.57 bits per heavy atom. The molecule has 1 aliphatic heterocycles. The lowest BCUT2D eigenvalue weighted by Crippen LogP contribution is -2.25. The molecule has 4 rings (SSSR count). The lowest BCUT2D eigenvalue weighted by molar-refractivity contribution is 0.237. The fraction of sp³-hybridized carbons (Fsp3) is 0.476. The number of aryl methyl sites for hydroxylation is 2. The van der Waals surface area contributed by atoms with Crippen LogP contribution in [-0.2, 0) is 0 Å². The number of aromatic nitrogens is 4. The molecule has 7 nitrogen and oxygen atoms in total. The Balaban J connectivity index is 1.69. The van der Waals surface area contributed by atoms with Crippen molar-refractivity contribution in [3.8, 4) is 11.4 Å². The van der Waals surface area contributed by atoms with Gasteiger partial charge in [-0.2, -0.15) is 10.2 Å². The molecule has 28 heavy (non-hydrogen) atoms. The van der Waals surface area contributed by atoms with Crippen molar-refractivity contribution in [3.63, 3.8) is 0 Å². The zero-order valence-corrected chi connectivity index (χ0v) is 17.1. The van der Waals surface area contributed by atoms with E-state index >= 15 is 0 Å². The molecule has 0 spiro atoms. The van der Waals surface area contributed by atoms with E-state index in [4.69, 9.17) is 9.84 Å². The lowest BCUT2D eigenvalue weighted by atomic mass is 10.2. The smallest absolute Gasteiger partial charge is 0.179 e. The van der Waals surface area contributed by atoms with Crippen LogP contribution in [0, 0.1) is 13.8 Å². The maximum absolute atomic E-state index is 6.17. The van der Waals surface area contributed by atoms with Crippen molar-refractivity contribution in [2.45, 2.75) is 26.7 Å². The molecule has 0 atom stereocenters. The monoisotopic (exact) mass is 380 g/mol. The fourth-order valence-electron chi connectivity index (χ4n) is 3.89. The molecule has 1 aromatic carbocycles. The maximum Gasteiger partial charge on any atom is 0.179 e. The molecule has 0 amide bonds. The van der Waals surface area contributed by atoms with E-state index in [2.05, 4.69) is 28.1 Å². The van der Waals surface area contributed by atoms with Crippen molar-refractivity contribution >= 4 is 16.7 Å². The average molecular weight is 380 g/mol. The highest BCUT2D eigenvalue weighted by molar-refractivity contribution is 5.92. The SMILES string of the molecule is Cc1nnc(N(C)C)c2nn(-c3ccccc3OCCN3CCCC3)c(C)c12. The van der Waals surface area contributed by atoms with Crippen LogP contribution in [0.5, 0.6) is 5.75 Å².